The van der Waals surface area contributed by atoms with Crippen molar-refractivity contribution in [1.82, 2.24) is 10.3 Å². The number of nitrogens with zero attached hydrogens (tertiary/aromatic N) is 1. The molecule has 1 aromatic heterocycles. The molecule has 1 aromatic rings. The summed E-state index contributed by atoms with van der Waals surface area (Å²) in [6, 6.07) is 5.02. The minimum atomic E-state index is -0.532. The Kier molecular flexibility index (Phi) is 8.40. The summed E-state index contributed by atoms with van der Waals surface area (Å²) in [7, 11) is 0. The number of rotatable bonds is 9. The SMILES string of the molecule is CC(C)(C)OC(=O)CCCCC[C@H](N)C(=O)NCc1ccccn1. The highest BCUT2D eigenvalue weighted by atomic mass is 16.6. The van der Waals surface area contributed by atoms with Crippen LogP contribution in [0.15, 0.2) is 24.4 Å². The van der Waals surface area contributed by atoms with E-state index in [1.54, 1.807) is 6.20 Å². The van der Waals surface area contributed by atoms with Crippen molar-refractivity contribution in [3.8, 4) is 0 Å². The number of unbranched alkanes of at least 4 members (excludes halogenated alkanes) is 2. The van der Waals surface area contributed by atoms with Crippen LogP contribution in [0.25, 0.3) is 0 Å². The Hall–Kier alpha value is -1.95. The van der Waals surface area contributed by atoms with E-state index < -0.39 is 11.6 Å². The summed E-state index contributed by atoms with van der Waals surface area (Å²) in [6.45, 7) is 5.94. The lowest BCUT2D eigenvalue weighted by atomic mass is 10.1. The summed E-state index contributed by atoms with van der Waals surface area (Å²) in [5, 5.41) is 2.78. The number of carbonyl (C=O) groups excluding carboxylic acids is 2. The van der Waals surface area contributed by atoms with E-state index in [2.05, 4.69) is 10.3 Å². The van der Waals surface area contributed by atoms with Gasteiger partial charge in [-0.3, -0.25) is 14.6 Å². The molecule has 0 aliphatic rings. The Morgan fingerprint density at radius 2 is 2.00 bits per heavy atom. The van der Waals surface area contributed by atoms with Gasteiger partial charge >= 0.3 is 5.97 Å². The molecule has 0 aromatic carbocycles. The molecule has 0 bridgehead atoms. The van der Waals surface area contributed by atoms with E-state index in [9.17, 15) is 9.59 Å². The van der Waals surface area contributed by atoms with E-state index in [4.69, 9.17) is 10.5 Å². The van der Waals surface area contributed by atoms with Gasteiger partial charge in [-0.1, -0.05) is 18.9 Å². The zero-order chi connectivity index (χ0) is 18.0. The van der Waals surface area contributed by atoms with Gasteiger partial charge in [-0.15, -0.1) is 0 Å². The Labute approximate surface area is 144 Å². The molecular formula is C18H29N3O3. The molecule has 24 heavy (non-hydrogen) atoms. The number of esters is 1. The number of amides is 1. The Balaban J connectivity index is 2.11. The molecule has 1 amide bonds. The summed E-state index contributed by atoms with van der Waals surface area (Å²) >= 11 is 0. The minimum Gasteiger partial charge on any atom is -0.460 e. The average Bonchev–Trinajstić information content (AvgIpc) is 2.51. The first kappa shape index (κ1) is 20.1. The monoisotopic (exact) mass is 335 g/mol. The van der Waals surface area contributed by atoms with Crippen molar-refractivity contribution in [2.75, 3.05) is 0 Å². The summed E-state index contributed by atoms with van der Waals surface area (Å²) in [4.78, 5) is 27.6. The second-order valence-corrected chi connectivity index (χ2v) is 6.83. The molecule has 1 heterocycles. The molecule has 6 heteroatoms. The predicted octanol–water partition coefficient (Wildman–Crippen LogP) is 2.32. The summed E-state index contributed by atoms with van der Waals surface area (Å²) in [5.74, 6) is -0.354. The lowest BCUT2D eigenvalue weighted by Crippen LogP contribution is -2.40. The first-order valence-corrected chi connectivity index (χ1v) is 8.43. The largest absolute Gasteiger partial charge is 0.460 e. The van der Waals surface area contributed by atoms with E-state index >= 15 is 0 Å². The van der Waals surface area contributed by atoms with Gasteiger partial charge < -0.3 is 15.8 Å². The number of hydrogen-bond acceptors (Lipinski definition) is 5. The molecule has 0 saturated carbocycles. The maximum absolute atomic E-state index is 11.9. The van der Waals surface area contributed by atoms with E-state index in [0.29, 0.717) is 19.4 Å². The Bertz CT molecular complexity index is 512. The third kappa shape index (κ3) is 9.25. The molecule has 0 aliphatic heterocycles. The number of ether oxygens (including phenoxy) is 1. The van der Waals surface area contributed by atoms with Crippen LogP contribution >= 0.6 is 0 Å². The molecule has 0 fully saturated rings. The molecule has 0 saturated heterocycles. The number of hydrogen-bond donors (Lipinski definition) is 2. The van der Waals surface area contributed by atoms with Crippen LogP contribution in [-0.4, -0.2) is 28.5 Å². The van der Waals surface area contributed by atoms with Crippen LogP contribution in [0.1, 0.15) is 58.6 Å². The predicted molar refractivity (Wildman–Crippen MR) is 93.0 cm³/mol. The number of nitrogens with one attached hydrogen (secondary N) is 1. The van der Waals surface area contributed by atoms with Crippen LogP contribution in [0.3, 0.4) is 0 Å². The van der Waals surface area contributed by atoms with Crippen molar-refractivity contribution in [3.63, 3.8) is 0 Å². The fourth-order valence-corrected chi connectivity index (χ4v) is 2.15. The fourth-order valence-electron chi connectivity index (χ4n) is 2.15. The van der Waals surface area contributed by atoms with Crippen LogP contribution in [0.4, 0.5) is 0 Å². The molecule has 134 valence electrons. The van der Waals surface area contributed by atoms with Crippen molar-refractivity contribution < 1.29 is 14.3 Å². The van der Waals surface area contributed by atoms with Gasteiger partial charge in [0, 0.05) is 12.6 Å². The first-order valence-electron chi connectivity index (χ1n) is 8.43. The van der Waals surface area contributed by atoms with Crippen LogP contribution in [0, 0.1) is 0 Å². The third-order valence-electron chi connectivity index (χ3n) is 3.32. The summed E-state index contributed by atoms with van der Waals surface area (Å²) in [5.41, 5.74) is 6.24. The second kappa shape index (κ2) is 10.0. The van der Waals surface area contributed by atoms with Gasteiger partial charge in [0.1, 0.15) is 5.60 Å². The van der Waals surface area contributed by atoms with Gasteiger partial charge in [0.15, 0.2) is 0 Å². The van der Waals surface area contributed by atoms with E-state index in [1.807, 2.05) is 39.0 Å². The van der Waals surface area contributed by atoms with Gasteiger partial charge in [-0.25, -0.2) is 0 Å². The van der Waals surface area contributed by atoms with E-state index in [0.717, 1.165) is 25.0 Å². The quantitative estimate of drug-likeness (QED) is 0.533. The Morgan fingerprint density at radius 3 is 2.62 bits per heavy atom. The van der Waals surface area contributed by atoms with Gasteiger partial charge in [-0.2, -0.15) is 0 Å². The van der Waals surface area contributed by atoms with Crippen molar-refractivity contribution >= 4 is 11.9 Å². The number of aromatic nitrogens is 1. The van der Waals surface area contributed by atoms with Crippen LogP contribution in [-0.2, 0) is 20.9 Å². The highest BCUT2D eigenvalue weighted by Crippen LogP contribution is 2.11. The van der Waals surface area contributed by atoms with Gasteiger partial charge in [-0.05, 0) is 45.7 Å². The molecule has 0 aliphatic carbocycles. The molecule has 0 radical (unpaired) electrons. The average molecular weight is 335 g/mol. The molecule has 0 unspecified atom stereocenters. The first-order chi connectivity index (χ1) is 11.3. The lowest BCUT2D eigenvalue weighted by Gasteiger charge is -2.19. The highest BCUT2D eigenvalue weighted by molar-refractivity contribution is 5.81. The summed E-state index contributed by atoms with van der Waals surface area (Å²) < 4.78 is 5.24. The molecule has 1 atom stereocenters. The fraction of sp³-hybridized carbons (Fsp3) is 0.611. The number of nitrogens with two attached hydrogens (primary N) is 1. The normalized spacial score (nSPS) is 12.5. The molecular weight excluding hydrogens is 306 g/mol. The zero-order valence-electron chi connectivity index (χ0n) is 14.9. The molecule has 0 spiro atoms. The Morgan fingerprint density at radius 1 is 1.25 bits per heavy atom. The number of carbonyl (C=O) groups is 2. The second-order valence-electron chi connectivity index (χ2n) is 6.83. The van der Waals surface area contributed by atoms with Crippen LogP contribution in [0.2, 0.25) is 0 Å². The molecule has 1 rings (SSSR count). The van der Waals surface area contributed by atoms with Crippen molar-refractivity contribution in [1.29, 1.82) is 0 Å². The maximum atomic E-state index is 11.9. The topological polar surface area (TPSA) is 94.3 Å². The molecule has 6 nitrogen and oxygen atoms in total. The smallest absolute Gasteiger partial charge is 0.306 e. The van der Waals surface area contributed by atoms with E-state index in [1.165, 1.54) is 0 Å². The van der Waals surface area contributed by atoms with Crippen molar-refractivity contribution in [2.45, 2.75) is 71.1 Å². The van der Waals surface area contributed by atoms with Gasteiger partial charge in [0.25, 0.3) is 0 Å². The minimum absolute atomic E-state index is 0.173. The van der Waals surface area contributed by atoms with Crippen LogP contribution in [0.5, 0.6) is 0 Å². The number of pyridine rings is 1. The van der Waals surface area contributed by atoms with Gasteiger partial charge in [0.2, 0.25) is 5.91 Å². The van der Waals surface area contributed by atoms with Crippen LogP contribution < -0.4 is 11.1 Å². The summed E-state index contributed by atoms with van der Waals surface area (Å²) in [6.07, 6.45) is 5.09. The standard InChI is InChI=1S/C18H29N3O3/c1-18(2,3)24-16(22)11-6-4-5-10-15(19)17(23)21-13-14-9-7-8-12-20-14/h7-9,12,15H,4-6,10-11,13,19H2,1-3H3,(H,21,23)/t15-/m0/s1. The maximum Gasteiger partial charge on any atom is 0.306 e. The van der Waals surface area contributed by atoms with Crippen molar-refractivity contribution in [2.24, 2.45) is 5.73 Å². The van der Waals surface area contributed by atoms with Gasteiger partial charge in [0.05, 0.1) is 18.3 Å². The highest BCUT2D eigenvalue weighted by Gasteiger charge is 2.16. The van der Waals surface area contributed by atoms with E-state index in [-0.39, 0.29) is 11.9 Å². The third-order valence-corrected chi connectivity index (χ3v) is 3.32. The molecule has 3 N–H and O–H groups in total. The lowest BCUT2D eigenvalue weighted by molar-refractivity contribution is -0.154. The zero-order valence-corrected chi connectivity index (χ0v) is 14.9. The van der Waals surface area contributed by atoms with Crippen molar-refractivity contribution in [3.05, 3.63) is 30.1 Å².